The maximum atomic E-state index is 9.70. The fourth-order valence-corrected chi connectivity index (χ4v) is 8.13. The topological polar surface area (TPSA) is 75.3 Å². The highest BCUT2D eigenvalue weighted by Gasteiger charge is 2.36. The van der Waals surface area contributed by atoms with Crippen molar-refractivity contribution in [2.45, 2.75) is 19.3 Å². The van der Waals surface area contributed by atoms with E-state index in [9.17, 15) is 5.26 Å². The van der Waals surface area contributed by atoms with E-state index in [0.29, 0.717) is 23.0 Å². The monoisotopic (exact) mass is 729 g/mol. The van der Waals surface area contributed by atoms with Gasteiger partial charge in [0.25, 0.3) is 0 Å². The first-order valence-corrected chi connectivity index (χ1v) is 19.1. The van der Waals surface area contributed by atoms with Gasteiger partial charge >= 0.3 is 0 Å². The smallest absolute Gasteiger partial charge is 0.164 e. The molecule has 0 radical (unpaired) electrons. The fraction of sp³-hybridized carbons (Fsp3) is 0.0577. The molecule has 10 rings (SSSR count). The Balaban J connectivity index is 1.15. The zero-order valence-corrected chi connectivity index (χ0v) is 31.5. The van der Waals surface area contributed by atoms with Crippen LogP contribution in [0.4, 0.5) is 0 Å². The number of pyridine rings is 1. The average molecular weight is 730 g/mol. The van der Waals surface area contributed by atoms with Gasteiger partial charge in [-0.25, -0.2) is 15.0 Å². The Hall–Kier alpha value is -7.55. The molecule has 0 saturated heterocycles. The van der Waals surface area contributed by atoms with Crippen molar-refractivity contribution in [3.8, 4) is 84.7 Å². The molecule has 0 atom stereocenters. The molecular weight excluding hydrogens is 695 g/mol. The van der Waals surface area contributed by atoms with Crippen molar-refractivity contribution in [2.75, 3.05) is 0 Å². The Morgan fingerprint density at radius 3 is 1.61 bits per heavy atom. The highest BCUT2D eigenvalue weighted by atomic mass is 15.0. The van der Waals surface area contributed by atoms with Crippen LogP contribution in [0.3, 0.4) is 0 Å². The third-order valence-corrected chi connectivity index (χ3v) is 11.2. The van der Waals surface area contributed by atoms with Crippen molar-refractivity contribution >= 4 is 10.8 Å². The van der Waals surface area contributed by atoms with Crippen LogP contribution in [0.5, 0.6) is 0 Å². The molecule has 0 unspecified atom stereocenters. The molecule has 0 spiro atoms. The van der Waals surface area contributed by atoms with E-state index in [2.05, 4.69) is 134 Å². The molecule has 0 saturated carbocycles. The first-order chi connectivity index (χ1) is 27.9. The van der Waals surface area contributed by atoms with Gasteiger partial charge in [0.05, 0.1) is 11.6 Å². The van der Waals surface area contributed by atoms with Gasteiger partial charge in [0.2, 0.25) is 0 Å². The van der Waals surface area contributed by atoms with E-state index >= 15 is 0 Å². The normalized spacial score (nSPS) is 12.5. The fourth-order valence-electron chi connectivity index (χ4n) is 8.13. The van der Waals surface area contributed by atoms with Gasteiger partial charge in [-0.3, -0.25) is 4.98 Å². The lowest BCUT2D eigenvalue weighted by Crippen LogP contribution is -2.15. The van der Waals surface area contributed by atoms with E-state index in [4.69, 9.17) is 15.0 Å². The number of benzene rings is 7. The van der Waals surface area contributed by atoms with Crippen LogP contribution in [0.1, 0.15) is 30.5 Å². The number of hydrogen-bond donors (Lipinski definition) is 0. The second-order valence-corrected chi connectivity index (χ2v) is 15.1. The van der Waals surface area contributed by atoms with Gasteiger partial charge in [-0.1, -0.05) is 129 Å². The number of rotatable bonds is 6. The lowest BCUT2D eigenvalue weighted by Gasteiger charge is -2.22. The van der Waals surface area contributed by atoms with Crippen LogP contribution in [-0.4, -0.2) is 19.9 Å². The summed E-state index contributed by atoms with van der Waals surface area (Å²) < 4.78 is 0. The molecule has 0 bridgehead atoms. The predicted molar refractivity (Wildman–Crippen MR) is 230 cm³/mol. The standard InChI is InChI=1S/C52H35N5/c1-52(2)47-25-33(31-53)13-21-45(47)46-22-20-40(30-48(46)52)42-27-41(39-19-16-36-23-24-54-32-44(36)26-39)28-43(29-42)51-56-49(37-11-7-4-8-12-37)55-50(57-51)38-17-14-35(15-18-38)34-9-5-3-6-10-34/h3-30,32H,1-2H3. The van der Waals surface area contributed by atoms with E-state index in [1.807, 2.05) is 67.0 Å². The zero-order chi connectivity index (χ0) is 38.5. The van der Waals surface area contributed by atoms with Gasteiger partial charge in [0.1, 0.15) is 0 Å². The predicted octanol–water partition coefficient (Wildman–Crippen LogP) is 12.6. The maximum Gasteiger partial charge on any atom is 0.164 e. The molecule has 0 fully saturated rings. The van der Waals surface area contributed by atoms with Crippen LogP contribution < -0.4 is 0 Å². The summed E-state index contributed by atoms with van der Waals surface area (Å²) in [6.07, 6.45) is 3.74. The Morgan fingerprint density at radius 2 is 0.930 bits per heavy atom. The first-order valence-electron chi connectivity index (χ1n) is 19.1. The summed E-state index contributed by atoms with van der Waals surface area (Å²) in [4.78, 5) is 19.8. The van der Waals surface area contributed by atoms with Gasteiger partial charge in [0, 0.05) is 39.9 Å². The molecule has 0 N–H and O–H groups in total. The van der Waals surface area contributed by atoms with Crippen molar-refractivity contribution in [3.63, 3.8) is 0 Å². The minimum absolute atomic E-state index is 0.275. The Labute approximate surface area is 331 Å². The van der Waals surface area contributed by atoms with Crippen LogP contribution in [0.2, 0.25) is 0 Å². The number of fused-ring (bicyclic) bond motifs is 4. The summed E-state index contributed by atoms with van der Waals surface area (Å²) >= 11 is 0. The van der Waals surface area contributed by atoms with Crippen LogP contribution in [0, 0.1) is 11.3 Å². The summed E-state index contributed by atoms with van der Waals surface area (Å²) in [5, 5.41) is 11.9. The van der Waals surface area contributed by atoms with E-state index < -0.39 is 0 Å². The zero-order valence-electron chi connectivity index (χ0n) is 31.5. The SMILES string of the molecule is CC1(C)c2cc(C#N)ccc2-c2ccc(-c3cc(-c4ccc5ccncc5c4)cc(-c4nc(-c5ccccc5)nc(-c5ccc(-c6ccccc6)cc5)n4)c3)cc21. The van der Waals surface area contributed by atoms with Crippen molar-refractivity contribution in [2.24, 2.45) is 0 Å². The molecule has 0 aliphatic heterocycles. The van der Waals surface area contributed by atoms with Crippen molar-refractivity contribution in [1.82, 2.24) is 19.9 Å². The van der Waals surface area contributed by atoms with Crippen LogP contribution >= 0.6 is 0 Å². The van der Waals surface area contributed by atoms with Crippen molar-refractivity contribution in [3.05, 3.63) is 193 Å². The molecule has 2 aromatic heterocycles. The summed E-state index contributed by atoms with van der Waals surface area (Å²) in [6.45, 7) is 4.49. The Morgan fingerprint density at radius 1 is 0.421 bits per heavy atom. The van der Waals surface area contributed by atoms with Gasteiger partial charge < -0.3 is 0 Å². The van der Waals surface area contributed by atoms with Crippen LogP contribution in [0.25, 0.3) is 89.4 Å². The van der Waals surface area contributed by atoms with Gasteiger partial charge in [-0.05, 0) is 110 Å². The summed E-state index contributed by atoms with van der Waals surface area (Å²) in [7, 11) is 0. The third kappa shape index (κ3) is 6.14. The second kappa shape index (κ2) is 13.6. The van der Waals surface area contributed by atoms with Gasteiger partial charge in [0.15, 0.2) is 17.5 Å². The van der Waals surface area contributed by atoms with Crippen molar-refractivity contribution in [1.29, 1.82) is 5.26 Å². The summed E-state index contributed by atoms with van der Waals surface area (Å²) in [5.41, 5.74) is 14.5. The summed E-state index contributed by atoms with van der Waals surface area (Å²) in [5.74, 6) is 1.81. The number of aromatic nitrogens is 4. The third-order valence-electron chi connectivity index (χ3n) is 11.2. The second-order valence-electron chi connectivity index (χ2n) is 15.1. The van der Waals surface area contributed by atoms with Gasteiger partial charge in [-0.15, -0.1) is 0 Å². The highest BCUT2D eigenvalue weighted by Crippen LogP contribution is 2.50. The van der Waals surface area contributed by atoms with E-state index in [1.165, 1.54) is 22.3 Å². The number of hydrogen-bond acceptors (Lipinski definition) is 5. The first kappa shape index (κ1) is 34.0. The Bertz CT molecular complexity index is 3040. The van der Waals surface area contributed by atoms with E-state index in [0.717, 1.165) is 60.8 Å². The summed E-state index contributed by atoms with van der Waals surface area (Å²) in [6, 6.07) is 59.2. The van der Waals surface area contributed by atoms with E-state index in [1.54, 1.807) is 0 Å². The minimum Gasteiger partial charge on any atom is -0.264 e. The van der Waals surface area contributed by atoms with Gasteiger partial charge in [-0.2, -0.15) is 5.26 Å². The molecule has 1 aliphatic carbocycles. The molecule has 57 heavy (non-hydrogen) atoms. The van der Waals surface area contributed by atoms with Crippen LogP contribution in [-0.2, 0) is 5.41 Å². The highest BCUT2D eigenvalue weighted by molar-refractivity contribution is 5.90. The molecule has 268 valence electrons. The molecule has 2 heterocycles. The molecule has 5 nitrogen and oxygen atoms in total. The number of nitrogens with zero attached hydrogens (tertiary/aromatic N) is 5. The lowest BCUT2D eigenvalue weighted by atomic mass is 9.81. The molecular formula is C52H35N5. The minimum atomic E-state index is -0.275. The molecule has 1 aliphatic rings. The quantitative estimate of drug-likeness (QED) is 0.170. The lowest BCUT2D eigenvalue weighted by molar-refractivity contribution is 0.660. The number of nitriles is 1. The maximum absolute atomic E-state index is 9.70. The molecule has 9 aromatic rings. The Kier molecular flexibility index (Phi) is 8.13. The largest absolute Gasteiger partial charge is 0.264 e. The van der Waals surface area contributed by atoms with Crippen LogP contribution in [0.15, 0.2) is 176 Å². The molecule has 0 amide bonds. The van der Waals surface area contributed by atoms with E-state index in [-0.39, 0.29) is 5.41 Å². The average Bonchev–Trinajstić information content (AvgIpc) is 3.51. The molecule has 5 heteroatoms. The molecule has 7 aromatic carbocycles. The van der Waals surface area contributed by atoms with Crippen molar-refractivity contribution < 1.29 is 0 Å².